The molecule has 0 N–H and O–H groups in total. The fourth-order valence-electron chi connectivity index (χ4n) is 3.22. The van der Waals surface area contributed by atoms with Crippen molar-refractivity contribution in [2.75, 3.05) is 0 Å². The molecule has 3 aromatic rings. The molecule has 1 saturated carbocycles. The first kappa shape index (κ1) is 13.5. The van der Waals surface area contributed by atoms with Gasteiger partial charge in [-0.15, -0.1) is 0 Å². The molecule has 1 heteroatoms. The van der Waals surface area contributed by atoms with Gasteiger partial charge in [-0.1, -0.05) is 72.8 Å². The van der Waals surface area contributed by atoms with E-state index >= 15 is 0 Å². The number of hydrogen-bond acceptors (Lipinski definition) is 1. The van der Waals surface area contributed by atoms with Crippen molar-refractivity contribution in [3.05, 3.63) is 83.9 Å². The fourth-order valence-corrected chi connectivity index (χ4v) is 3.22. The van der Waals surface area contributed by atoms with Crippen molar-refractivity contribution in [2.24, 2.45) is 0 Å². The lowest BCUT2D eigenvalue weighted by Gasteiger charge is -2.23. The standard InChI is InChI=1S/C21H21N/c1-2-7-17(8-3-1)15-22(20-13-14-20)16-19-11-6-10-18-9-4-5-12-21(18)19/h1-12,20H,13-16H2. The highest BCUT2D eigenvalue weighted by Crippen LogP contribution is 2.31. The van der Waals surface area contributed by atoms with Gasteiger partial charge < -0.3 is 0 Å². The summed E-state index contributed by atoms with van der Waals surface area (Å²) in [5.41, 5.74) is 2.86. The molecule has 1 fully saturated rings. The van der Waals surface area contributed by atoms with Crippen LogP contribution in [0.5, 0.6) is 0 Å². The number of benzene rings is 3. The van der Waals surface area contributed by atoms with Gasteiger partial charge in [0.05, 0.1) is 0 Å². The minimum Gasteiger partial charge on any atom is -0.292 e. The summed E-state index contributed by atoms with van der Waals surface area (Å²) >= 11 is 0. The van der Waals surface area contributed by atoms with Crippen LogP contribution in [0.3, 0.4) is 0 Å². The first-order chi connectivity index (χ1) is 10.9. The minimum atomic E-state index is 0.763. The smallest absolute Gasteiger partial charge is 0.0246 e. The van der Waals surface area contributed by atoms with Crippen LogP contribution in [-0.2, 0) is 13.1 Å². The molecule has 110 valence electrons. The van der Waals surface area contributed by atoms with Crippen LogP contribution in [0.25, 0.3) is 10.8 Å². The maximum absolute atomic E-state index is 2.64. The second kappa shape index (κ2) is 5.94. The van der Waals surface area contributed by atoms with E-state index in [0.29, 0.717) is 0 Å². The van der Waals surface area contributed by atoms with Crippen molar-refractivity contribution >= 4 is 10.8 Å². The maximum atomic E-state index is 2.64. The van der Waals surface area contributed by atoms with E-state index in [-0.39, 0.29) is 0 Å². The molecule has 0 amide bonds. The third-order valence-electron chi connectivity index (χ3n) is 4.55. The van der Waals surface area contributed by atoms with Gasteiger partial charge in [0.15, 0.2) is 0 Å². The number of hydrogen-bond donors (Lipinski definition) is 0. The van der Waals surface area contributed by atoms with Crippen LogP contribution >= 0.6 is 0 Å². The van der Waals surface area contributed by atoms with Crippen molar-refractivity contribution in [2.45, 2.75) is 32.0 Å². The normalized spacial score (nSPS) is 14.6. The predicted molar refractivity (Wildman–Crippen MR) is 92.7 cm³/mol. The zero-order chi connectivity index (χ0) is 14.8. The second-order valence-electron chi connectivity index (χ2n) is 6.26. The summed E-state index contributed by atoms with van der Waals surface area (Å²) in [5.74, 6) is 0. The highest BCUT2D eigenvalue weighted by molar-refractivity contribution is 5.85. The summed E-state index contributed by atoms with van der Waals surface area (Å²) in [7, 11) is 0. The van der Waals surface area contributed by atoms with E-state index in [4.69, 9.17) is 0 Å². The Morgan fingerprint density at radius 3 is 2.27 bits per heavy atom. The average Bonchev–Trinajstić information content (AvgIpc) is 3.40. The Labute approximate surface area is 132 Å². The third kappa shape index (κ3) is 2.90. The van der Waals surface area contributed by atoms with Crippen molar-refractivity contribution in [1.82, 2.24) is 4.90 Å². The summed E-state index contributed by atoms with van der Waals surface area (Å²) in [6.07, 6.45) is 2.69. The van der Waals surface area contributed by atoms with Gasteiger partial charge in [0, 0.05) is 19.1 Å². The number of fused-ring (bicyclic) bond motifs is 1. The highest BCUT2D eigenvalue weighted by atomic mass is 15.2. The summed E-state index contributed by atoms with van der Waals surface area (Å²) in [6, 6.07) is 27.0. The zero-order valence-corrected chi connectivity index (χ0v) is 12.8. The van der Waals surface area contributed by atoms with Gasteiger partial charge in [0.1, 0.15) is 0 Å². The number of nitrogens with zero attached hydrogens (tertiary/aromatic N) is 1. The van der Waals surface area contributed by atoms with Gasteiger partial charge in [-0.2, -0.15) is 0 Å². The van der Waals surface area contributed by atoms with E-state index in [0.717, 1.165) is 19.1 Å². The Morgan fingerprint density at radius 1 is 0.727 bits per heavy atom. The zero-order valence-electron chi connectivity index (χ0n) is 12.8. The molecule has 22 heavy (non-hydrogen) atoms. The van der Waals surface area contributed by atoms with Crippen LogP contribution in [0.15, 0.2) is 72.8 Å². The maximum Gasteiger partial charge on any atom is 0.0246 e. The second-order valence-corrected chi connectivity index (χ2v) is 6.26. The van der Waals surface area contributed by atoms with Crippen molar-refractivity contribution in [3.8, 4) is 0 Å². The molecule has 0 atom stereocenters. The Balaban J connectivity index is 1.61. The molecule has 0 aliphatic heterocycles. The lowest BCUT2D eigenvalue weighted by atomic mass is 10.0. The van der Waals surface area contributed by atoms with Crippen molar-refractivity contribution in [1.29, 1.82) is 0 Å². The molecular formula is C21H21N. The molecule has 0 saturated heterocycles. The van der Waals surface area contributed by atoms with Gasteiger partial charge in [-0.25, -0.2) is 0 Å². The predicted octanol–water partition coefficient (Wildman–Crippen LogP) is 5.00. The van der Waals surface area contributed by atoms with Crippen LogP contribution in [0.4, 0.5) is 0 Å². The van der Waals surface area contributed by atoms with Crippen LogP contribution in [-0.4, -0.2) is 10.9 Å². The third-order valence-corrected chi connectivity index (χ3v) is 4.55. The molecule has 0 aromatic heterocycles. The highest BCUT2D eigenvalue weighted by Gasteiger charge is 2.29. The molecule has 0 heterocycles. The lowest BCUT2D eigenvalue weighted by molar-refractivity contribution is 0.246. The van der Waals surface area contributed by atoms with E-state index in [2.05, 4.69) is 77.7 Å². The van der Waals surface area contributed by atoms with Gasteiger partial charge in [-0.3, -0.25) is 4.90 Å². The van der Waals surface area contributed by atoms with Gasteiger partial charge in [0.25, 0.3) is 0 Å². The summed E-state index contributed by atoms with van der Waals surface area (Å²) in [4.78, 5) is 2.64. The summed E-state index contributed by atoms with van der Waals surface area (Å²) in [6.45, 7) is 2.09. The molecule has 0 radical (unpaired) electrons. The molecule has 0 bridgehead atoms. The van der Waals surface area contributed by atoms with Crippen LogP contribution in [0, 0.1) is 0 Å². The monoisotopic (exact) mass is 287 g/mol. The Morgan fingerprint density at radius 2 is 1.45 bits per heavy atom. The molecular weight excluding hydrogens is 266 g/mol. The van der Waals surface area contributed by atoms with E-state index < -0.39 is 0 Å². The molecule has 3 aromatic carbocycles. The molecule has 1 aliphatic carbocycles. The first-order valence-corrected chi connectivity index (χ1v) is 8.15. The quantitative estimate of drug-likeness (QED) is 0.638. The van der Waals surface area contributed by atoms with Gasteiger partial charge >= 0.3 is 0 Å². The van der Waals surface area contributed by atoms with Gasteiger partial charge in [-0.05, 0) is 34.7 Å². The van der Waals surface area contributed by atoms with Gasteiger partial charge in [0.2, 0.25) is 0 Å². The van der Waals surface area contributed by atoms with E-state index in [1.54, 1.807) is 0 Å². The summed E-state index contributed by atoms with van der Waals surface area (Å²) < 4.78 is 0. The average molecular weight is 287 g/mol. The first-order valence-electron chi connectivity index (χ1n) is 8.15. The van der Waals surface area contributed by atoms with Crippen molar-refractivity contribution < 1.29 is 0 Å². The largest absolute Gasteiger partial charge is 0.292 e. The molecule has 0 spiro atoms. The Hall–Kier alpha value is -2.12. The van der Waals surface area contributed by atoms with E-state index in [1.165, 1.54) is 34.7 Å². The number of rotatable bonds is 5. The van der Waals surface area contributed by atoms with Crippen LogP contribution in [0.2, 0.25) is 0 Å². The summed E-state index contributed by atoms with van der Waals surface area (Å²) in [5, 5.41) is 2.74. The molecule has 4 rings (SSSR count). The van der Waals surface area contributed by atoms with Crippen molar-refractivity contribution in [3.63, 3.8) is 0 Å². The fraction of sp³-hybridized carbons (Fsp3) is 0.238. The molecule has 1 aliphatic rings. The molecule has 0 unspecified atom stereocenters. The Bertz CT molecular complexity index is 754. The SMILES string of the molecule is c1ccc(CN(Cc2cccc3ccccc23)C2CC2)cc1. The topological polar surface area (TPSA) is 3.24 Å². The Kier molecular flexibility index (Phi) is 3.65. The van der Waals surface area contributed by atoms with Crippen LogP contribution in [0.1, 0.15) is 24.0 Å². The minimum absolute atomic E-state index is 0.763. The van der Waals surface area contributed by atoms with Crippen LogP contribution < -0.4 is 0 Å². The molecule has 1 nitrogen and oxygen atoms in total. The lowest BCUT2D eigenvalue weighted by Crippen LogP contribution is -2.25. The van der Waals surface area contributed by atoms with E-state index in [1.807, 2.05) is 0 Å². The van der Waals surface area contributed by atoms with E-state index in [9.17, 15) is 0 Å².